The average Bonchev–Trinajstić information content (AvgIpc) is 2.54. The summed E-state index contributed by atoms with van der Waals surface area (Å²) in [6.07, 6.45) is 3.27. The Bertz CT molecular complexity index is 617. The number of nitrogens with zero attached hydrogens (tertiary/aromatic N) is 2. The van der Waals surface area contributed by atoms with Gasteiger partial charge in [0.1, 0.15) is 5.75 Å². The van der Waals surface area contributed by atoms with E-state index in [1.807, 2.05) is 42.5 Å². The molecule has 0 aliphatic rings. The van der Waals surface area contributed by atoms with Gasteiger partial charge in [-0.25, -0.2) is 10.4 Å². The molecule has 0 aliphatic heterocycles. The third-order valence-electron chi connectivity index (χ3n) is 2.49. The number of hydrogen-bond donors (Lipinski definition) is 1. The topological polar surface area (TPSA) is 63.6 Å². The van der Waals surface area contributed by atoms with Crippen LogP contribution in [-0.2, 0) is 4.79 Å². The third kappa shape index (κ3) is 5.27. The minimum atomic E-state index is -0.176. The summed E-state index contributed by atoms with van der Waals surface area (Å²) in [6, 6.07) is 13.0. The van der Waals surface area contributed by atoms with Gasteiger partial charge in [0, 0.05) is 6.20 Å². The lowest BCUT2D eigenvalue weighted by atomic mass is 10.2. The fourth-order valence-corrected chi connectivity index (χ4v) is 2.16. The fourth-order valence-electron chi connectivity index (χ4n) is 1.50. The number of carbonyl (C=O) groups excluding carboxylic acids is 1. The van der Waals surface area contributed by atoms with Crippen molar-refractivity contribution >= 4 is 23.9 Å². The van der Waals surface area contributed by atoms with Crippen LogP contribution in [0.5, 0.6) is 5.75 Å². The number of thioether (sulfide) groups is 1. The number of methoxy groups -OCH3 is 1. The van der Waals surface area contributed by atoms with Crippen molar-refractivity contribution in [3.63, 3.8) is 0 Å². The molecule has 1 aromatic heterocycles. The van der Waals surface area contributed by atoms with E-state index < -0.39 is 0 Å². The van der Waals surface area contributed by atoms with Gasteiger partial charge >= 0.3 is 0 Å². The molecule has 0 saturated carbocycles. The zero-order valence-corrected chi connectivity index (χ0v) is 12.3. The molecule has 5 nitrogen and oxygen atoms in total. The lowest BCUT2D eigenvalue weighted by molar-refractivity contribution is -0.118. The Kier molecular flexibility index (Phi) is 5.78. The van der Waals surface area contributed by atoms with Crippen LogP contribution in [0.2, 0.25) is 0 Å². The Balaban J connectivity index is 1.79. The summed E-state index contributed by atoms with van der Waals surface area (Å²) < 4.78 is 5.11. The second-order valence-electron chi connectivity index (χ2n) is 4.03. The molecule has 1 aromatic carbocycles. The Morgan fingerprint density at radius 2 is 2.29 bits per heavy atom. The monoisotopic (exact) mass is 301 g/mol. The summed E-state index contributed by atoms with van der Waals surface area (Å²) in [5.74, 6) is 0.840. The normalized spacial score (nSPS) is 10.5. The van der Waals surface area contributed by atoms with Crippen molar-refractivity contribution in [2.24, 2.45) is 5.10 Å². The molecule has 0 aliphatic carbocycles. The van der Waals surface area contributed by atoms with Crippen LogP contribution in [0, 0.1) is 0 Å². The van der Waals surface area contributed by atoms with E-state index in [2.05, 4.69) is 15.5 Å². The molecular weight excluding hydrogens is 286 g/mol. The van der Waals surface area contributed by atoms with Gasteiger partial charge in [-0.2, -0.15) is 5.10 Å². The summed E-state index contributed by atoms with van der Waals surface area (Å²) >= 11 is 1.36. The highest BCUT2D eigenvalue weighted by atomic mass is 32.2. The lowest BCUT2D eigenvalue weighted by Crippen LogP contribution is -2.19. The van der Waals surface area contributed by atoms with Crippen LogP contribution in [0.15, 0.2) is 58.8 Å². The number of aromatic nitrogens is 1. The number of rotatable bonds is 6. The highest BCUT2D eigenvalue weighted by Crippen LogP contribution is 2.13. The van der Waals surface area contributed by atoms with E-state index in [-0.39, 0.29) is 11.7 Å². The van der Waals surface area contributed by atoms with Gasteiger partial charge in [0.2, 0.25) is 5.91 Å². The predicted molar refractivity (Wildman–Crippen MR) is 83.7 cm³/mol. The summed E-state index contributed by atoms with van der Waals surface area (Å²) in [4.78, 5) is 15.8. The van der Waals surface area contributed by atoms with Crippen molar-refractivity contribution in [3.05, 3.63) is 54.2 Å². The standard InChI is InChI=1S/C15H15N3O2S/c1-20-13-6-4-5-12(9-13)10-17-18-14(19)11-21-15-7-2-3-8-16-15/h2-10H,11H2,1H3,(H,18,19)/b17-10+. The highest BCUT2D eigenvalue weighted by molar-refractivity contribution is 7.99. The van der Waals surface area contributed by atoms with Crippen LogP contribution in [0.25, 0.3) is 0 Å². The molecule has 6 heteroatoms. The molecular formula is C15H15N3O2S. The predicted octanol–water partition coefficient (Wildman–Crippen LogP) is 2.33. The smallest absolute Gasteiger partial charge is 0.250 e. The quantitative estimate of drug-likeness (QED) is 0.505. The van der Waals surface area contributed by atoms with Gasteiger partial charge in [0.15, 0.2) is 0 Å². The maximum absolute atomic E-state index is 11.6. The SMILES string of the molecule is COc1cccc(/C=N/NC(=O)CSc2ccccn2)c1. The van der Waals surface area contributed by atoms with E-state index >= 15 is 0 Å². The molecule has 1 heterocycles. The molecule has 0 unspecified atom stereocenters. The molecule has 2 rings (SSSR count). The number of pyridine rings is 1. The molecule has 21 heavy (non-hydrogen) atoms. The van der Waals surface area contributed by atoms with Crippen molar-refractivity contribution in [1.82, 2.24) is 10.4 Å². The summed E-state index contributed by atoms with van der Waals surface area (Å²) in [5, 5.41) is 4.73. The second kappa shape index (κ2) is 8.06. The average molecular weight is 301 g/mol. The number of amides is 1. The molecule has 0 bridgehead atoms. The Morgan fingerprint density at radius 1 is 1.38 bits per heavy atom. The first-order valence-electron chi connectivity index (χ1n) is 6.28. The first-order chi connectivity index (χ1) is 10.3. The summed E-state index contributed by atoms with van der Waals surface area (Å²) in [6.45, 7) is 0. The van der Waals surface area contributed by atoms with E-state index in [0.29, 0.717) is 0 Å². The molecule has 1 N–H and O–H groups in total. The highest BCUT2D eigenvalue weighted by Gasteiger charge is 2.01. The molecule has 0 atom stereocenters. The van der Waals surface area contributed by atoms with Crippen LogP contribution >= 0.6 is 11.8 Å². The van der Waals surface area contributed by atoms with Gasteiger partial charge in [-0.1, -0.05) is 30.0 Å². The number of nitrogens with one attached hydrogen (secondary N) is 1. The minimum absolute atomic E-state index is 0.176. The molecule has 0 radical (unpaired) electrons. The van der Waals surface area contributed by atoms with Crippen molar-refractivity contribution in [2.75, 3.05) is 12.9 Å². The van der Waals surface area contributed by atoms with E-state index in [4.69, 9.17) is 4.74 Å². The summed E-state index contributed by atoms with van der Waals surface area (Å²) in [7, 11) is 1.60. The number of hydrazone groups is 1. The van der Waals surface area contributed by atoms with Gasteiger partial charge < -0.3 is 4.74 Å². The zero-order valence-electron chi connectivity index (χ0n) is 11.5. The molecule has 0 fully saturated rings. The van der Waals surface area contributed by atoms with Crippen LogP contribution in [0.4, 0.5) is 0 Å². The van der Waals surface area contributed by atoms with Crippen LogP contribution < -0.4 is 10.2 Å². The van der Waals surface area contributed by atoms with Crippen molar-refractivity contribution in [2.45, 2.75) is 5.03 Å². The van der Waals surface area contributed by atoms with Gasteiger partial charge in [0.25, 0.3) is 0 Å². The van der Waals surface area contributed by atoms with Crippen molar-refractivity contribution in [3.8, 4) is 5.75 Å². The van der Waals surface area contributed by atoms with Gasteiger partial charge in [-0.3, -0.25) is 4.79 Å². The summed E-state index contributed by atoms with van der Waals surface area (Å²) in [5.41, 5.74) is 3.33. The maximum Gasteiger partial charge on any atom is 0.250 e. The Morgan fingerprint density at radius 3 is 3.05 bits per heavy atom. The fraction of sp³-hybridized carbons (Fsp3) is 0.133. The number of ether oxygens (including phenoxy) is 1. The van der Waals surface area contributed by atoms with Crippen LogP contribution in [-0.4, -0.2) is 30.0 Å². The molecule has 0 saturated heterocycles. The van der Waals surface area contributed by atoms with Gasteiger partial charge in [-0.05, 0) is 29.8 Å². The molecule has 2 aromatic rings. The van der Waals surface area contributed by atoms with Gasteiger partial charge in [0.05, 0.1) is 24.1 Å². The molecule has 1 amide bonds. The zero-order chi connectivity index (χ0) is 14.9. The first kappa shape index (κ1) is 15.1. The van der Waals surface area contributed by atoms with E-state index in [9.17, 15) is 4.79 Å². The third-order valence-corrected chi connectivity index (χ3v) is 3.43. The minimum Gasteiger partial charge on any atom is -0.497 e. The van der Waals surface area contributed by atoms with Crippen molar-refractivity contribution < 1.29 is 9.53 Å². The number of benzene rings is 1. The van der Waals surface area contributed by atoms with Crippen LogP contribution in [0.1, 0.15) is 5.56 Å². The van der Waals surface area contributed by atoms with Crippen LogP contribution in [0.3, 0.4) is 0 Å². The number of carbonyl (C=O) groups is 1. The van der Waals surface area contributed by atoms with E-state index in [1.54, 1.807) is 19.5 Å². The second-order valence-corrected chi connectivity index (χ2v) is 5.02. The Labute approximate surface area is 127 Å². The maximum atomic E-state index is 11.6. The van der Waals surface area contributed by atoms with E-state index in [0.717, 1.165) is 16.3 Å². The van der Waals surface area contributed by atoms with Crippen molar-refractivity contribution in [1.29, 1.82) is 0 Å². The molecule has 108 valence electrons. The first-order valence-corrected chi connectivity index (χ1v) is 7.26. The lowest BCUT2D eigenvalue weighted by Gasteiger charge is -2.01. The number of hydrogen-bond acceptors (Lipinski definition) is 5. The largest absolute Gasteiger partial charge is 0.497 e. The van der Waals surface area contributed by atoms with E-state index in [1.165, 1.54) is 11.8 Å². The Hall–Kier alpha value is -2.34. The molecule has 0 spiro atoms. The van der Waals surface area contributed by atoms with Gasteiger partial charge in [-0.15, -0.1) is 0 Å².